The average Bonchev–Trinajstić information content (AvgIpc) is 2.66. The maximum absolute atomic E-state index is 12.4. The fourth-order valence-electron chi connectivity index (χ4n) is 2.57. The van der Waals surface area contributed by atoms with Crippen molar-refractivity contribution < 1.29 is 14.3 Å². The highest BCUT2D eigenvalue weighted by atomic mass is 32.2. The standard InChI is InChI=1S/C21H26N2O3S/c1-15-6-5-7-18(12-15)22-20(24)13-27-14-21(25)23(3)16(2)17-8-10-19(26-4)11-9-17/h5-12,16H,13-14H2,1-4H3,(H,22,24). The Morgan fingerprint density at radius 3 is 2.48 bits per heavy atom. The van der Waals surface area contributed by atoms with E-state index in [2.05, 4.69) is 5.32 Å². The van der Waals surface area contributed by atoms with Gasteiger partial charge in [0.25, 0.3) is 0 Å². The number of rotatable bonds is 8. The highest BCUT2D eigenvalue weighted by molar-refractivity contribution is 8.00. The van der Waals surface area contributed by atoms with Gasteiger partial charge in [-0.3, -0.25) is 9.59 Å². The summed E-state index contributed by atoms with van der Waals surface area (Å²) in [6.45, 7) is 3.96. The third kappa shape index (κ3) is 6.32. The number of aryl methyl sites for hydroxylation is 1. The van der Waals surface area contributed by atoms with E-state index >= 15 is 0 Å². The molecule has 144 valence electrons. The average molecular weight is 387 g/mol. The first-order chi connectivity index (χ1) is 12.9. The summed E-state index contributed by atoms with van der Waals surface area (Å²) < 4.78 is 5.16. The molecule has 6 heteroatoms. The number of anilines is 1. The number of thioether (sulfide) groups is 1. The first-order valence-electron chi connectivity index (χ1n) is 8.74. The van der Waals surface area contributed by atoms with Gasteiger partial charge in [-0.1, -0.05) is 24.3 Å². The van der Waals surface area contributed by atoms with Crippen LogP contribution in [0.1, 0.15) is 24.1 Å². The Morgan fingerprint density at radius 1 is 1.15 bits per heavy atom. The number of amides is 2. The zero-order valence-electron chi connectivity index (χ0n) is 16.2. The predicted octanol–water partition coefficient (Wildman–Crippen LogP) is 3.89. The van der Waals surface area contributed by atoms with E-state index in [0.717, 1.165) is 22.6 Å². The number of nitrogens with one attached hydrogen (secondary N) is 1. The number of hydrogen-bond donors (Lipinski definition) is 1. The quantitative estimate of drug-likeness (QED) is 0.748. The molecule has 0 fully saturated rings. The molecule has 0 saturated carbocycles. The normalized spacial score (nSPS) is 11.6. The van der Waals surface area contributed by atoms with Crippen molar-refractivity contribution in [2.45, 2.75) is 19.9 Å². The fourth-order valence-corrected chi connectivity index (χ4v) is 3.31. The zero-order valence-corrected chi connectivity index (χ0v) is 17.0. The minimum absolute atomic E-state index is 0.00771. The van der Waals surface area contributed by atoms with E-state index in [0.29, 0.717) is 0 Å². The van der Waals surface area contributed by atoms with E-state index < -0.39 is 0 Å². The number of hydrogen-bond acceptors (Lipinski definition) is 4. The molecule has 2 aromatic rings. The van der Waals surface area contributed by atoms with Crippen molar-refractivity contribution in [2.75, 3.05) is 31.0 Å². The van der Waals surface area contributed by atoms with Crippen molar-refractivity contribution in [1.29, 1.82) is 0 Å². The topological polar surface area (TPSA) is 58.6 Å². The lowest BCUT2D eigenvalue weighted by Crippen LogP contribution is -2.31. The summed E-state index contributed by atoms with van der Waals surface area (Å²) in [6.07, 6.45) is 0. The van der Waals surface area contributed by atoms with Crippen LogP contribution in [0.5, 0.6) is 5.75 Å². The third-order valence-electron chi connectivity index (χ3n) is 4.33. The van der Waals surface area contributed by atoms with Gasteiger partial charge in [0.2, 0.25) is 11.8 Å². The van der Waals surface area contributed by atoms with Crippen molar-refractivity contribution in [3.8, 4) is 5.75 Å². The van der Waals surface area contributed by atoms with Crippen LogP contribution in [0.2, 0.25) is 0 Å². The van der Waals surface area contributed by atoms with Crippen LogP contribution < -0.4 is 10.1 Å². The molecule has 1 N–H and O–H groups in total. The van der Waals surface area contributed by atoms with Gasteiger partial charge in [0.05, 0.1) is 24.7 Å². The Morgan fingerprint density at radius 2 is 1.85 bits per heavy atom. The number of nitrogens with zero attached hydrogens (tertiary/aromatic N) is 1. The maximum Gasteiger partial charge on any atom is 0.234 e. The highest BCUT2D eigenvalue weighted by Crippen LogP contribution is 2.22. The summed E-state index contributed by atoms with van der Waals surface area (Å²) >= 11 is 1.32. The minimum Gasteiger partial charge on any atom is -0.497 e. The van der Waals surface area contributed by atoms with Crippen LogP contribution in [-0.4, -0.2) is 42.4 Å². The number of ether oxygens (including phenoxy) is 1. The first kappa shape index (κ1) is 20.8. The molecule has 27 heavy (non-hydrogen) atoms. The Labute approximate surface area is 165 Å². The van der Waals surface area contributed by atoms with Gasteiger partial charge in [0.1, 0.15) is 5.75 Å². The van der Waals surface area contributed by atoms with Crippen LogP contribution in [0.15, 0.2) is 48.5 Å². The number of methoxy groups -OCH3 is 1. The van der Waals surface area contributed by atoms with Gasteiger partial charge < -0.3 is 15.0 Å². The lowest BCUT2D eigenvalue weighted by molar-refractivity contribution is -0.128. The molecular weight excluding hydrogens is 360 g/mol. The van der Waals surface area contributed by atoms with Crippen LogP contribution >= 0.6 is 11.8 Å². The Kier molecular flexibility index (Phi) is 7.73. The van der Waals surface area contributed by atoms with Crippen molar-refractivity contribution in [2.24, 2.45) is 0 Å². The second-order valence-electron chi connectivity index (χ2n) is 6.36. The number of benzene rings is 2. The van der Waals surface area contributed by atoms with Gasteiger partial charge >= 0.3 is 0 Å². The molecule has 0 aliphatic rings. The third-order valence-corrected chi connectivity index (χ3v) is 5.25. The summed E-state index contributed by atoms with van der Waals surface area (Å²) in [7, 11) is 3.41. The predicted molar refractivity (Wildman–Crippen MR) is 111 cm³/mol. The van der Waals surface area contributed by atoms with E-state index in [4.69, 9.17) is 4.74 Å². The molecule has 0 bridgehead atoms. The molecule has 0 aliphatic heterocycles. The van der Waals surface area contributed by atoms with E-state index in [1.807, 2.05) is 62.4 Å². The monoisotopic (exact) mass is 386 g/mol. The number of carbonyl (C=O) groups excluding carboxylic acids is 2. The Hall–Kier alpha value is -2.47. The zero-order chi connectivity index (χ0) is 19.8. The van der Waals surface area contributed by atoms with E-state index in [1.54, 1.807) is 19.1 Å². The summed E-state index contributed by atoms with van der Waals surface area (Å²) in [4.78, 5) is 26.1. The molecule has 2 amide bonds. The largest absolute Gasteiger partial charge is 0.497 e. The summed E-state index contributed by atoms with van der Waals surface area (Å²) in [5, 5.41) is 2.85. The second-order valence-corrected chi connectivity index (χ2v) is 7.35. The molecule has 0 heterocycles. The summed E-state index contributed by atoms with van der Waals surface area (Å²) in [6, 6.07) is 15.3. The SMILES string of the molecule is COc1ccc(C(C)N(C)C(=O)CSCC(=O)Nc2cccc(C)c2)cc1. The van der Waals surface area contributed by atoms with Crippen LogP contribution in [0.25, 0.3) is 0 Å². The van der Waals surface area contributed by atoms with Crippen LogP contribution in [0.4, 0.5) is 5.69 Å². The van der Waals surface area contributed by atoms with Gasteiger partial charge in [-0.15, -0.1) is 11.8 Å². The van der Waals surface area contributed by atoms with Gasteiger partial charge in [-0.2, -0.15) is 0 Å². The van der Waals surface area contributed by atoms with E-state index in [9.17, 15) is 9.59 Å². The molecule has 2 aromatic carbocycles. The number of carbonyl (C=O) groups is 2. The van der Waals surface area contributed by atoms with Crippen molar-refractivity contribution in [3.63, 3.8) is 0 Å². The van der Waals surface area contributed by atoms with E-state index in [1.165, 1.54) is 11.8 Å². The Bertz CT molecular complexity index is 777. The maximum atomic E-state index is 12.4. The van der Waals surface area contributed by atoms with Crippen LogP contribution in [0, 0.1) is 6.92 Å². The molecular formula is C21H26N2O3S. The van der Waals surface area contributed by atoms with Crippen molar-refractivity contribution in [3.05, 3.63) is 59.7 Å². The van der Waals surface area contributed by atoms with Crippen LogP contribution in [-0.2, 0) is 9.59 Å². The van der Waals surface area contributed by atoms with Gasteiger partial charge in [-0.05, 0) is 49.2 Å². The molecule has 5 nitrogen and oxygen atoms in total. The fraction of sp³-hybridized carbons (Fsp3) is 0.333. The summed E-state index contributed by atoms with van der Waals surface area (Å²) in [5.74, 6) is 1.17. The smallest absolute Gasteiger partial charge is 0.234 e. The molecule has 2 rings (SSSR count). The van der Waals surface area contributed by atoms with Crippen molar-refractivity contribution in [1.82, 2.24) is 4.90 Å². The first-order valence-corrected chi connectivity index (χ1v) is 9.90. The molecule has 0 aromatic heterocycles. The van der Waals surface area contributed by atoms with Gasteiger partial charge in [-0.25, -0.2) is 0 Å². The highest BCUT2D eigenvalue weighted by Gasteiger charge is 2.17. The van der Waals surface area contributed by atoms with E-state index in [-0.39, 0.29) is 29.4 Å². The van der Waals surface area contributed by atoms with Crippen LogP contribution in [0.3, 0.4) is 0 Å². The van der Waals surface area contributed by atoms with Gasteiger partial charge in [0, 0.05) is 12.7 Å². The molecule has 0 radical (unpaired) electrons. The Balaban J connectivity index is 1.79. The summed E-state index contributed by atoms with van der Waals surface area (Å²) in [5.41, 5.74) is 2.90. The molecule has 0 saturated heterocycles. The second kappa shape index (κ2) is 10.0. The lowest BCUT2D eigenvalue weighted by Gasteiger charge is -2.25. The minimum atomic E-state index is -0.107. The molecule has 1 unspecified atom stereocenters. The molecule has 0 spiro atoms. The van der Waals surface area contributed by atoms with Gasteiger partial charge in [0.15, 0.2) is 0 Å². The molecule has 0 aliphatic carbocycles. The van der Waals surface area contributed by atoms with Crippen molar-refractivity contribution >= 4 is 29.3 Å². The lowest BCUT2D eigenvalue weighted by atomic mass is 10.1. The molecule has 1 atom stereocenters.